The van der Waals surface area contributed by atoms with Crippen LogP contribution in [0.2, 0.25) is 0 Å². The molecule has 1 saturated carbocycles. The quantitative estimate of drug-likeness (QED) is 0.685. The van der Waals surface area contributed by atoms with Crippen molar-refractivity contribution in [2.75, 3.05) is 19.6 Å². The molecule has 0 amide bonds. The third-order valence-electron chi connectivity index (χ3n) is 3.34. The zero-order chi connectivity index (χ0) is 8.60. The fourth-order valence-corrected chi connectivity index (χ4v) is 2.08. The lowest BCUT2D eigenvalue weighted by atomic mass is 10.0. The van der Waals surface area contributed by atoms with Gasteiger partial charge < -0.3 is 10.6 Å². The highest BCUT2D eigenvalue weighted by molar-refractivity contribution is 5.19. The Labute approximate surface area is 74.4 Å². The van der Waals surface area contributed by atoms with Crippen molar-refractivity contribution in [1.29, 1.82) is 0 Å². The zero-order valence-electron chi connectivity index (χ0n) is 7.68. The van der Waals surface area contributed by atoms with Crippen LogP contribution in [-0.2, 0) is 0 Å². The Bertz CT molecular complexity index is 188. The largest absolute Gasteiger partial charge is 0.375 e. The summed E-state index contributed by atoms with van der Waals surface area (Å²) in [6, 6.07) is 0. The lowest BCUT2D eigenvalue weighted by molar-refractivity contribution is 0.354. The van der Waals surface area contributed by atoms with Crippen LogP contribution in [-0.4, -0.2) is 24.5 Å². The molecule has 0 aromatic carbocycles. The van der Waals surface area contributed by atoms with Gasteiger partial charge in [-0.1, -0.05) is 6.58 Å². The van der Waals surface area contributed by atoms with Gasteiger partial charge in [0.15, 0.2) is 0 Å². The first-order valence-electron chi connectivity index (χ1n) is 4.93. The SMILES string of the molecule is C=C(N1CCCC1)C1(CN)CC1. The molecule has 2 heteroatoms. The van der Waals surface area contributed by atoms with Gasteiger partial charge in [0.25, 0.3) is 0 Å². The molecule has 68 valence electrons. The maximum Gasteiger partial charge on any atom is 0.0220 e. The zero-order valence-corrected chi connectivity index (χ0v) is 7.68. The number of nitrogens with zero attached hydrogens (tertiary/aromatic N) is 1. The third kappa shape index (κ3) is 1.14. The van der Waals surface area contributed by atoms with E-state index in [9.17, 15) is 0 Å². The van der Waals surface area contributed by atoms with Gasteiger partial charge >= 0.3 is 0 Å². The molecule has 0 unspecified atom stereocenters. The molecule has 0 bridgehead atoms. The van der Waals surface area contributed by atoms with Crippen molar-refractivity contribution in [1.82, 2.24) is 4.90 Å². The van der Waals surface area contributed by atoms with Crippen LogP contribution in [0.3, 0.4) is 0 Å². The van der Waals surface area contributed by atoms with E-state index in [4.69, 9.17) is 5.73 Å². The van der Waals surface area contributed by atoms with Gasteiger partial charge in [-0.25, -0.2) is 0 Å². The molecule has 0 aromatic heterocycles. The molecule has 1 aliphatic carbocycles. The van der Waals surface area contributed by atoms with Crippen LogP contribution >= 0.6 is 0 Å². The molecule has 1 aliphatic heterocycles. The normalized spacial score (nSPS) is 25.9. The topological polar surface area (TPSA) is 29.3 Å². The number of nitrogens with two attached hydrogens (primary N) is 1. The summed E-state index contributed by atoms with van der Waals surface area (Å²) in [4.78, 5) is 2.43. The fourth-order valence-electron chi connectivity index (χ4n) is 2.08. The molecule has 12 heavy (non-hydrogen) atoms. The number of rotatable bonds is 3. The highest BCUT2D eigenvalue weighted by Crippen LogP contribution is 2.51. The molecule has 0 radical (unpaired) electrons. The Kier molecular flexibility index (Phi) is 1.87. The number of hydrogen-bond acceptors (Lipinski definition) is 2. The predicted octanol–water partition coefficient (Wildman–Crippen LogP) is 1.33. The van der Waals surface area contributed by atoms with Crippen LogP contribution in [0.1, 0.15) is 25.7 Å². The van der Waals surface area contributed by atoms with Gasteiger partial charge in [0, 0.05) is 30.7 Å². The summed E-state index contributed by atoms with van der Waals surface area (Å²) >= 11 is 0. The molecule has 2 N–H and O–H groups in total. The molecule has 2 aliphatic rings. The second-order valence-corrected chi connectivity index (χ2v) is 4.13. The van der Waals surface area contributed by atoms with Gasteiger partial charge in [-0.3, -0.25) is 0 Å². The standard InChI is InChI=1S/C10H18N2/c1-9(10(8-11)4-5-10)12-6-2-3-7-12/h1-8,11H2. The molecule has 2 rings (SSSR count). The maximum atomic E-state index is 5.75. The van der Waals surface area contributed by atoms with Gasteiger partial charge in [0.05, 0.1) is 0 Å². The van der Waals surface area contributed by atoms with E-state index in [1.807, 2.05) is 0 Å². The van der Waals surface area contributed by atoms with Crippen LogP contribution in [0.4, 0.5) is 0 Å². The maximum absolute atomic E-state index is 5.75. The summed E-state index contributed by atoms with van der Waals surface area (Å²) in [7, 11) is 0. The second kappa shape index (κ2) is 2.77. The monoisotopic (exact) mass is 166 g/mol. The first kappa shape index (κ1) is 8.11. The summed E-state index contributed by atoms with van der Waals surface area (Å²) in [5.74, 6) is 0. The van der Waals surface area contributed by atoms with Crippen LogP contribution in [0.25, 0.3) is 0 Å². The lowest BCUT2D eigenvalue weighted by Crippen LogP contribution is -2.29. The first-order valence-corrected chi connectivity index (χ1v) is 4.93. The Morgan fingerprint density at radius 1 is 1.33 bits per heavy atom. The van der Waals surface area contributed by atoms with Crippen molar-refractivity contribution in [2.24, 2.45) is 11.1 Å². The highest BCUT2D eigenvalue weighted by Gasteiger charge is 2.46. The van der Waals surface area contributed by atoms with Gasteiger partial charge in [0.2, 0.25) is 0 Å². The van der Waals surface area contributed by atoms with Crippen LogP contribution in [0.5, 0.6) is 0 Å². The molecule has 2 fully saturated rings. The Morgan fingerprint density at radius 2 is 1.92 bits per heavy atom. The van der Waals surface area contributed by atoms with Gasteiger partial charge in [-0.2, -0.15) is 0 Å². The van der Waals surface area contributed by atoms with Crippen molar-refractivity contribution in [3.05, 3.63) is 12.3 Å². The highest BCUT2D eigenvalue weighted by atomic mass is 15.2. The van der Waals surface area contributed by atoms with Crippen molar-refractivity contribution in [3.63, 3.8) is 0 Å². The summed E-state index contributed by atoms with van der Waals surface area (Å²) in [5.41, 5.74) is 7.40. The molecule has 0 spiro atoms. The van der Waals surface area contributed by atoms with Gasteiger partial charge in [-0.15, -0.1) is 0 Å². The predicted molar refractivity (Wildman–Crippen MR) is 50.7 cm³/mol. The molecule has 1 heterocycles. The summed E-state index contributed by atoms with van der Waals surface area (Å²) in [6.45, 7) is 7.40. The summed E-state index contributed by atoms with van der Waals surface area (Å²) in [5, 5.41) is 0. The third-order valence-corrected chi connectivity index (χ3v) is 3.34. The average Bonchev–Trinajstić information content (AvgIpc) is 2.71. The van der Waals surface area contributed by atoms with Crippen LogP contribution < -0.4 is 5.73 Å². The van der Waals surface area contributed by atoms with Crippen molar-refractivity contribution in [3.8, 4) is 0 Å². The summed E-state index contributed by atoms with van der Waals surface area (Å²) < 4.78 is 0. The van der Waals surface area contributed by atoms with E-state index in [2.05, 4.69) is 11.5 Å². The van der Waals surface area contributed by atoms with Gasteiger partial charge in [-0.05, 0) is 25.7 Å². The van der Waals surface area contributed by atoms with Gasteiger partial charge in [0.1, 0.15) is 0 Å². The fraction of sp³-hybridized carbons (Fsp3) is 0.800. The van der Waals surface area contributed by atoms with Crippen molar-refractivity contribution >= 4 is 0 Å². The van der Waals surface area contributed by atoms with E-state index in [0.29, 0.717) is 5.41 Å². The Morgan fingerprint density at radius 3 is 2.33 bits per heavy atom. The molecule has 0 aromatic rings. The number of hydrogen-bond donors (Lipinski definition) is 1. The van der Waals surface area contributed by atoms with Crippen LogP contribution in [0.15, 0.2) is 12.3 Å². The average molecular weight is 166 g/mol. The Hall–Kier alpha value is -0.500. The minimum atomic E-state index is 0.324. The van der Waals surface area contributed by atoms with E-state index in [-0.39, 0.29) is 0 Å². The van der Waals surface area contributed by atoms with E-state index < -0.39 is 0 Å². The van der Waals surface area contributed by atoms with E-state index in [0.717, 1.165) is 6.54 Å². The summed E-state index contributed by atoms with van der Waals surface area (Å²) in [6.07, 6.45) is 5.19. The minimum absolute atomic E-state index is 0.324. The van der Waals surface area contributed by atoms with Crippen LogP contribution in [0, 0.1) is 5.41 Å². The lowest BCUT2D eigenvalue weighted by Gasteiger charge is -2.26. The second-order valence-electron chi connectivity index (χ2n) is 4.13. The van der Waals surface area contributed by atoms with E-state index in [1.54, 1.807) is 0 Å². The van der Waals surface area contributed by atoms with E-state index in [1.165, 1.54) is 44.5 Å². The van der Waals surface area contributed by atoms with E-state index >= 15 is 0 Å². The van der Waals surface area contributed by atoms with Crippen molar-refractivity contribution < 1.29 is 0 Å². The molecule has 1 saturated heterocycles. The molecule has 2 nitrogen and oxygen atoms in total. The molecular formula is C10H18N2. The smallest absolute Gasteiger partial charge is 0.0220 e. The minimum Gasteiger partial charge on any atom is -0.375 e. The molecular weight excluding hydrogens is 148 g/mol. The van der Waals surface area contributed by atoms with Crippen molar-refractivity contribution in [2.45, 2.75) is 25.7 Å². The Balaban J connectivity index is 1.99. The number of likely N-dealkylation sites (tertiary alicyclic amines) is 1. The molecule has 0 atom stereocenters. The first-order chi connectivity index (χ1) is 5.78.